The molecule has 0 aromatic heterocycles. The molecule has 2 N–H and O–H groups in total. The highest BCUT2D eigenvalue weighted by atomic mass is 16.1. The summed E-state index contributed by atoms with van der Waals surface area (Å²) in [5.74, 6) is 0.924. The van der Waals surface area contributed by atoms with Crippen LogP contribution >= 0.6 is 0 Å². The third kappa shape index (κ3) is 13.4. The molecule has 0 saturated heterocycles. The number of hydrogen-bond acceptors (Lipinski definition) is 2. The zero-order chi connectivity index (χ0) is 13.3. The highest BCUT2D eigenvalue weighted by Gasteiger charge is 2.09. The zero-order valence-corrected chi connectivity index (χ0v) is 12.2. The number of rotatable bonds is 8. The zero-order valence-electron chi connectivity index (χ0n) is 12.2. The van der Waals surface area contributed by atoms with Crippen LogP contribution in [0.1, 0.15) is 60.3 Å². The molecule has 0 fully saturated rings. The molecule has 0 rings (SSSR count). The molecular formula is C14H30N2O. The lowest BCUT2D eigenvalue weighted by molar-refractivity contribution is -0.121. The van der Waals surface area contributed by atoms with E-state index in [1.807, 2.05) is 0 Å². The van der Waals surface area contributed by atoms with Gasteiger partial charge >= 0.3 is 0 Å². The molecule has 3 nitrogen and oxygen atoms in total. The molecule has 0 aliphatic heterocycles. The van der Waals surface area contributed by atoms with Gasteiger partial charge in [-0.05, 0) is 33.1 Å². The van der Waals surface area contributed by atoms with E-state index in [0.29, 0.717) is 6.42 Å². The average Bonchev–Trinajstić information content (AvgIpc) is 2.14. The first-order chi connectivity index (χ1) is 7.81. The molecule has 0 saturated carbocycles. The topological polar surface area (TPSA) is 41.1 Å². The molecule has 0 aliphatic carbocycles. The van der Waals surface area contributed by atoms with Crippen LogP contribution in [0, 0.1) is 5.92 Å². The summed E-state index contributed by atoms with van der Waals surface area (Å²) in [5.41, 5.74) is 0.0948. The predicted octanol–water partition coefficient (Wildman–Crippen LogP) is 2.71. The Morgan fingerprint density at radius 3 is 2.29 bits per heavy atom. The molecule has 0 bridgehead atoms. The highest BCUT2D eigenvalue weighted by molar-refractivity contribution is 5.75. The number of amides is 1. The standard InChI is InChI=1S/C14H30N2O/c1-12(2)8-6-7-10-15-13(17)9-11-16-14(3,4)5/h12,16H,6-11H2,1-5H3,(H,15,17). The van der Waals surface area contributed by atoms with E-state index < -0.39 is 0 Å². The molecule has 3 heteroatoms. The Kier molecular flexibility index (Phi) is 8.23. The highest BCUT2D eigenvalue weighted by Crippen LogP contribution is 2.05. The summed E-state index contributed by atoms with van der Waals surface area (Å²) in [7, 11) is 0. The number of carbonyl (C=O) groups is 1. The van der Waals surface area contributed by atoms with Crippen molar-refractivity contribution in [3.05, 3.63) is 0 Å². The van der Waals surface area contributed by atoms with Gasteiger partial charge in [0.05, 0.1) is 0 Å². The molecule has 1 amide bonds. The third-order valence-electron chi connectivity index (χ3n) is 2.54. The SMILES string of the molecule is CC(C)CCCCNC(=O)CCNC(C)(C)C. The van der Waals surface area contributed by atoms with Crippen molar-refractivity contribution >= 4 is 5.91 Å². The monoisotopic (exact) mass is 242 g/mol. The summed E-state index contributed by atoms with van der Waals surface area (Å²) >= 11 is 0. The lowest BCUT2D eigenvalue weighted by atomic mass is 10.1. The Labute approximate surface area is 107 Å². The van der Waals surface area contributed by atoms with Gasteiger partial charge in [-0.2, -0.15) is 0 Å². The van der Waals surface area contributed by atoms with E-state index in [9.17, 15) is 4.79 Å². The number of unbranched alkanes of at least 4 members (excludes halogenated alkanes) is 1. The number of carbonyl (C=O) groups excluding carboxylic acids is 1. The van der Waals surface area contributed by atoms with Crippen molar-refractivity contribution in [2.24, 2.45) is 5.92 Å². The van der Waals surface area contributed by atoms with E-state index in [2.05, 4.69) is 45.3 Å². The summed E-state index contributed by atoms with van der Waals surface area (Å²) in [5, 5.41) is 6.27. The van der Waals surface area contributed by atoms with Crippen LogP contribution < -0.4 is 10.6 Å². The Bertz CT molecular complexity index is 207. The summed E-state index contributed by atoms with van der Waals surface area (Å²) < 4.78 is 0. The first-order valence-corrected chi connectivity index (χ1v) is 6.83. The molecule has 102 valence electrons. The van der Waals surface area contributed by atoms with Gasteiger partial charge in [-0.1, -0.05) is 26.7 Å². The van der Waals surface area contributed by atoms with Crippen molar-refractivity contribution in [2.45, 2.75) is 65.8 Å². The van der Waals surface area contributed by atoms with Gasteiger partial charge < -0.3 is 10.6 Å². The van der Waals surface area contributed by atoms with Gasteiger partial charge in [0, 0.05) is 25.0 Å². The van der Waals surface area contributed by atoms with Gasteiger partial charge in [-0.15, -0.1) is 0 Å². The van der Waals surface area contributed by atoms with E-state index in [0.717, 1.165) is 25.4 Å². The van der Waals surface area contributed by atoms with Crippen LogP contribution in [-0.2, 0) is 4.79 Å². The second-order valence-electron chi connectivity index (χ2n) is 6.17. The number of nitrogens with one attached hydrogen (secondary N) is 2. The van der Waals surface area contributed by atoms with Gasteiger partial charge in [0.2, 0.25) is 5.91 Å². The van der Waals surface area contributed by atoms with Crippen LogP contribution in [0.5, 0.6) is 0 Å². The second kappa shape index (κ2) is 8.51. The van der Waals surface area contributed by atoms with Crippen LogP contribution in [-0.4, -0.2) is 24.5 Å². The molecular weight excluding hydrogens is 212 g/mol. The summed E-state index contributed by atoms with van der Waals surface area (Å²) in [4.78, 5) is 11.5. The van der Waals surface area contributed by atoms with E-state index in [-0.39, 0.29) is 11.4 Å². The maximum Gasteiger partial charge on any atom is 0.221 e. The number of hydrogen-bond donors (Lipinski definition) is 2. The minimum Gasteiger partial charge on any atom is -0.356 e. The predicted molar refractivity (Wildman–Crippen MR) is 74.1 cm³/mol. The van der Waals surface area contributed by atoms with E-state index in [1.54, 1.807) is 0 Å². The minimum atomic E-state index is 0.0948. The van der Waals surface area contributed by atoms with Crippen LogP contribution in [0.25, 0.3) is 0 Å². The lowest BCUT2D eigenvalue weighted by Crippen LogP contribution is -2.38. The third-order valence-corrected chi connectivity index (χ3v) is 2.54. The van der Waals surface area contributed by atoms with Crippen molar-refractivity contribution in [2.75, 3.05) is 13.1 Å². The van der Waals surface area contributed by atoms with E-state index in [4.69, 9.17) is 0 Å². The molecule has 0 spiro atoms. The lowest BCUT2D eigenvalue weighted by Gasteiger charge is -2.20. The first-order valence-electron chi connectivity index (χ1n) is 6.83. The molecule has 0 aromatic carbocycles. The summed E-state index contributed by atoms with van der Waals surface area (Å²) in [6.07, 6.45) is 4.12. The Hall–Kier alpha value is -0.570. The fraction of sp³-hybridized carbons (Fsp3) is 0.929. The summed E-state index contributed by atoms with van der Waals surface area (Å²) in [6, 6.07) is 0. The molecule has 0 heterocycles. The molecule has 0 aromatic rings. The van der Waals surface area contributed by atoms with Crippen LogP contribution in [0.2, 0.25) is 0 Å². The van der Waals surface area contributed by atoms with Crippen LogP contribution in [0.3, 0.4) is 0 Å². The molecule has 0 atom stereocenters. The second-order valence-corrected chi connectivity index (χ2v) is 6.17. The van der Waals surface area contributed by atoms with Gasteiger partial charge in [-0.3, -0.25) is 4.79 Å². The fourth-order valence-electron chi connectivity index (χ4n) is 1.54. The van der Waals surface area contributed by atoms with Crippen molar-refractivity contribution in [3.8, 4) is 0 Å². The Morgan fingerprint density at radius 2 is 1.76 bits per heavy atom. The Balaban J connectivity index is 3.35. The van der Waals surface area contributed by atoms with Crippen molar-refractivity contribution in [3.63, 3.8) is 0 Å². The smallest absolute Gasteiger partial charge is 0.221 e. The Morgan fingerprint density at radius 1 is 1.12 bits per heavy atom. The average molecular weight is 242 g/mol. The van der Waals surface area contributed by atoms with Gasteiger partial charge in [0.25, 0.3) is 0 Å². The quantitative estimate of drug-likeness (QED) is 0.643. The van der Waals surface area contributed by atoms with E-state index in [1.165, 1.54) is 12.8 Å². The van der Waals surface area contributed by atoms with E-state index >= 15 is 0 Å². The van der Waals surface area contributed by atoms with Crippen molar-refractivity contribution in [1.82, 2.24) is 10.6 Å². The van der Waals surface area contributed by atoms with Gasteiger partial charge in [-0.25, -0.2) is 0 Å². The van der Waals surface area contributed by atoms with Crippen LogP contribution in [0.15, 0.2) is 0 Å². The summed E-state index contributed by atoms with van der Waals surface area (Å²) in [6.45, 7) is 12.4. The normalized spacial score (nSPS) is 11.9. The molecule has 0 aliphatic rings. The van der Waals surface area contributed by atoms with Crippen molar-refractivity contribution < 1.29 is 4.79 Å². The van der Waals surface area contributed by atoms with Crippen LogP contribution in [0.4, 0.5) is 0 Å². The maximum atomic E-state index is 11.5. The largest absolute Gasteiger partial charge is 0.356 e. The van der Waals surface area contributed by atoms with Gasteiger partial charge in [0.1, 0.15) is 0 Å². The van der Waals surface area contributed by atoms with Crippen molar-refractivity contribution in [1.29, 1.82) is 0 Å². The fourth-order valence-corrected chi connectivity index (χ4v) is 1.54. The van der Waals surface area contributed by atoms with Gasteiger partial charge in [0.15, 0.2) is 0 Å². The first kappa shape index (κ1) is 16.4. The minimum absolute atomic E-state index is 0.0948. The molecule has 0 radical (unpaired) electrons. The molecule has 0 unspecified atom stereocenters. The molecule has 17 heavy (non-hydrogen) atoms. The maximum absolute atomic E-state index is 11.5.